The molecule has 0 aliphatic carbocycles. The number of amides is 1. The molecule has 7 heteroatoms. The van der Waals surface area contributed by atoms with Crippen LogP contribution in [0.4, 0.5) is 14.5 Å². The predicted molar refractivity (Wildman–Crippen MR) is 89.0 cm³/mol. The molecule has 120 valence electrons. The Hall–Kier alpha value is -2.03. The van der Waals surface area contributed by atoms with Gasteiger partial charge in [0.2, 0.25) is 0 Å². The molecular weight excluding hydrogens is 419 g/mol. The number of anilines is 1. The Bertz CT molecular complexity index is 752. The average molecular weight is 431 g/mol. The van der Waals surface area contributed by atoms with Crippen LogP contribution in [0.5, 0.6) is 0 Å². The molecule has 0 fully saturated rings. The molecule has 0 bridgehead atoms. The summed E-state index contributed by atoms with van der Waals surface area (Å²) in [6.07, 6.45) is -1.13. The van der Waals surface area contributed by atoms with Crippen LogP contribution in [-0.4, -0.2) is 18.0 Å². The van der Waals surface area contributed by atoms with Gasteiger partial charge in [-0.15, -0.1) is 0 Å². The van der Waals surface area contributed by atoms with Crippen molar-refractivity contribution < 1.29 is 23.1 Å². The zero-order valence-corrected chi connectivity index (χ0v) is 14.1. The number of hydrogen-bond acceptors (Lipinski definition) is 3. The van der Waals surface area contributed by atoms with E-state index in [1.54, 1.807) is 18.2 Å². The minimum atomic E-state index is -1.13. The molecule has 0 aliphatic heterocycles. The molecule has 0 spiro atoms. The summed E-state index contributed by atoms with van der Waals surface area (Å²) in [5.41, 5.74) is 0.123. The molecule has 0 saturated heterocycles. The van der Waals surface area contributed by atoms with Crippen molar-refractivity contribution in [1.29, 1.82) is 0 Å². The van der Waals surface area contributed by atoms with Gasteiger partial charge in [0.15, 0.2) is 6.10 Å². The van der Waals surface area contributed by atoms with Crippen molar-refractivity contribution in [3.63, 3.8) is 0 Å². The van der Waals surface area contributed by atoms with Crippen LogP contribution in [0.25, 0.3) is 0 Å². The zero-order chi connectivity index (χ0) is 17.0. The summed E-state index contributed by atoms with van der Waals surface area (Å²) in [7, 11) is 0. The Morgan fingerprint density at radius 3 is 2.57 bits per heavy atom. The maximum Gasteiger partial charge on any atom is 0.338 e. The highest BCUT2D eigenvalue weighted by Gasteiger charge is 2.20. The van der Waals surface area contributed by atoms with E-state index < -0.39 is 29.6 Å². The molecule has 1 unspecified atom stereocenters. The lowest BCUT2D eigenvalue weighted by Crippen LogP contribution is -2.30. The quantitative estimate of drug-likeness (QED) is 0.593. The normalized spacial score (nSPS) is 11.7. The predicted octanol–water partition coefficient (Wildman–Crippen LogP) is 3.75. The fourth-order valence-corrected chi connectivity index (χ4v) is 2.27. The number of benzene rings is 2. The summed E-state index contributed by atoms with van der Waals surface area (Å²) in [5, 5.41) is 2.25. The lowest BCUT2D eigenvalue weighted by atomic mass is 10.2. The highest BCUT2D eigenvalue weighted by atomic mass is 127. The lowest BCUT2D eigenvalue weighted by Gasteiger charge is -2.14. The van der Waals surface area contributed by atoms with Crippen molar-refractivity contribution in [2.45, 2.75) is 13.0 Å². The number of carbonyl (C=O) groups is 2. The number of nitrogens with one attached hydrogen (secondary N) is 1. The van der Waals surface area contributed by atoms with Gasteiger partial charge in [-0.05, 0) is 59.8 Å². The minimum absolute atomic E-state index is 0.187. The Morgan fingerprint density at radius 1 is 1.17 bits per heavy atom. The molecule has 2 aromatic carbocycles. The van der Waals surface area contributed by atoms with Gasteiger partial charge in [0.1, 0.15) is 11.6 Å². The van der Waals surface area contributed by atoms with E-state index in [1.807, 2.05) is 28.7 Å². The van der Waals surface area contributed by atoms with Gasteiger partial charge in [-0.25, -0.2) is 13.6 Å². The summed E-state index contributed by atoms with van der Waals surface area (Å²) >= 11 is 2.05. The Balaban J connectivity index is 2.01. The second-order valence-electron chi connectivity index (χ2n) is 4.67. The van der Waals surface area contributed by atoms with Crippen molar-refractivity contribution in [2.24, 2.45) is 0 Å². The van der Waals surface area contributed by atoms with Crippen molar-refractivity contribution in [1.82, 2.24) is 0 Å². The monoisotopic (exact) mass is 431 g/mol. The van der Waals surface area contributed by atoms with E-state index in [0.29, 0.717) is 11.6 Å². The lowest BCUT2D eigenvalue weighted by molar-refractivity contribution is -0.123. The third kappa shape index (κ3) is 4.72. The summed E-state index contributed by atoms with van der Waals surface area (Å²) in [5.74, 6) is -3.03. The Morgan fingerprint density at radius 2 is 1.91 bits per heavy atom. The molecule has 1 amide bonds. The number of rotatable bonds is 4. The van der Waals surface area contributed by atoms with Gasteiger partial charge in [-0.1, -0.05) is 6.07 Å². The molecule has 1 N–H and O–H groups in total. The van der Waals surface area contributed by atoms with Crippen LogP contribution >= 0.6 is 22.6 Å². The number of esters is 1. The second kappa shape index (κ2) is 7.49. The third-order valence-corrected chi connectivity index (χ3v) is 3.57. The van der Waals surface area contributed by atoms with E-state index >= 15 is 0 Å². The van der Waals surface area contributed by atoms with Crippen LogP contribution in [0.1, 0.15) is 17.3 Å². The molecule has 4 nitrogen and oxygen atoms in total. The maximum atomic E-state index is 13.5. The van der Waals surface area contributed by atoms with Gasteiger partial charge in [-0.3, -0.25) is 4.79 Å². The maximum absolute atomic E-state index is 13.5. The van der Waals surface area contributed by atoms with Crippen LogP contribution in [0.2, 0.25) is 0 Å². The highest BCUT2D eigenvalue weighted by Crippen LogP contribution is 2.16. The third-order valence-electron chi connectivity index (χ3n) is 2.90. The Labute approximate surface area is 145 Å². The molecule has 2 aromatic rings. The summed E-state index contributed by atoms with van der Waals surface area (Å²) < 4.78 is 32.2. The zero-order valence-electron chi connectivity index (χ0n) is 12.0. The SMILES string of the molecule is CC(OC(=O)c1cccc(I)c1)C(=O)Nc1ccc(F)cc1F. The van der Waals surface area contributed by atoms with Crippen molar-refractivity contribution in [2.75, 3.05) is 5.32 Å². The first-order valence-corrected chi connectivity index (χ1v) is 7.67. The molecule has 1 atom stereocenters. The molecule has 23 heavy (non-hydrogen) atoms. The Kier molecular flexibility index (Phi) is 5.64. The standard InChI is InChI=1S/C16H12F2INO3/c1-9(23-16(22)10-3-2-4-12(19)7-10)15(21)20-14-6-5-11(17)8-13(14)18/h2-9H,1H3,(H,20,21). The smallest absolute Gasteiger partial charge is 0.338 e. The van der Waals surface area contributed by atoms with Crippen molar-refractivity contribution in [3.8, 4) is 0 Å². The van der Waals surface area contributed by atoms with Crippen LogP contribution in [-0.2, 0) is 9.53 Å². The van der Waals surface area contributed by atoms with E-state index in [2.05, 4.69) is 5.32 Å². The number of hydrogen-bond donors (Lipinski definition) is 1. The first kappa shape index (κ1) is 17.3. The molecule has 0 aliphatic rings. The van der Waals surface area contributed by atoms with Gasteiger partial charge in [0, 0.05) is 9.64 Å². The average Bonchev–Trinajstić information content (AvgIpc) is 2.49. The van der Waals surface area contributed by atoms with Crippen molar-refractivity contribution >= 4 is 40.2 Å². The molecule has 0 radical (unpaired) electrons. The fourth-order valence-electron chi connectivity index (χ4n) is 1.72. The van der Waals surface area contributed by atoms with E-state index in [0.717, 1.165) is 15.7 Å². The van der Waals surface area contributed by atoms with Gasteiger partial charge in [0.05, 0.1) is 11.3 Å². The van der Waals surface area contributed by atoms with Gasteiger partial charge >= 0.3 is 5.97 Å². The van der Waals surface area contributed by atoms with E-state index in [4.69, 9.17) is 4.74 Å². The molecule has 0 heterocycles. The van der Waals surface area contributed by atoms with E-state index in [1.165, 1.54) is 6.92 Å². The number of halogens is 3. The minimum Gasteiger partial charge on any atom is -0.449 e. The van der Waals surface area contributed by atoms with Crippen LogP contribution < -0.4 is 5.32 Å². The van der Waals surface area contributed by atoms with E-state index in [9.17, 15) is 18.4 Å². The second-order valence-corrected chi connectivity index (χ2v) is 5.92. The van der Waals surface area contributed by atoms with Crippen molar-refractivity contribution in [3.05, 3.63) is 63.2 Å². The summed E-state index contributed by atoms with van der Waals surface area (Å²) in [6.45, 7) is 1.36. The van der Waals surface area contributed by atoms with Crippen LogP contribution in [0.3, 0.4) is 0 Å². The number of ether oxygens (including phenoxy) is 1. The van der Waals surface area contributed by atoms with Crippen LogP contribution in [0.15, 0.2) is 42.5 Å². The number of carbonyl (C=O) groups excluding carboxylic acids is 2. The van der Waals surface area contributed by atoms with Gasteiger partial charge in [0.25, 0.3) is 5.91 Å². The van der Waals surface area contributed by atoms with Gasteiger partial charge in [-0.2, -0.15) is 0 Å². The summed E-state index contributed by atoms with van der Waals surface area (Å²) in [4.78, 5) is 23.9. The topological polar surface area (TPSA) is 55.4 Å². The first-order valence-electron chi connectivity index (χ1n) is 6.59. The highest BCUT2D eigenvalue weighted by molar-refractivity contribution is 14.1. The summed E-state index contributed by atoms with van der Waals surface area (Å²) in [6, 6.07) is 9.44. The molecule has 0 saturated carbocycles. The largest absolute Gasteiger partial charge is 0.449 e. The van der Waals surface area contributed by atoms with Crippen LogP contribution in [0, 0.1) is 15.2 Å². The molecule has 2 rings (SSSR count). The first-order chi connectivity index (χ1) is 10.9. The van der Waals surface area contributed by atoms with E-state index in [-0.39, 0.29) is 5.69 Å². The van der Waals surface area contributed by atoms with Gasteiger partial charge < -0.3 is 10.1 Å². The molecule has 0 aromatic heterocycles. The fraction of sp³-hybridized carbons (Fsp3) is 0.125. The molecular formula is C16H12F2INO3.